The van der Waals surface area contributed by atoms with Crippen LogP contribution < -0.4 is 5.32 Å². The second-order valence-electron chi connectivity index (χ2n) is 3.26. The number of aliphatic hydroxyl groups excluding tert-OH is 3. The Hall–Kier alpha value is -0.0900. The fourth-order valence-corrected chi connectivity index (χ4v) is 1.20. The molecule has 0 radical (unpaired) electrons. The molecule has 0 aliphatic rings. The molecule has 0 aromatic carbocycles. The fourth-order valence-electron chi connectivity index (χ4n) is 0.852. The van der Waals surface area contributed by atoms with E-state index < -0.39 is 42.8 Å². The van der Waals surface area contributed by atoms with Gasteiger partial charge in [-0.1, -0.05) is 0 Å². The largest absolute Gasteiger partial charge is 0.394 e. The minimum atomic E-state index is -2.36. The van der Waals surface area contributed by atoms with Crippen LogP contribution in [0, 0.1) is 0 Å². The van der Waals surface area contributed by atoms with E-state index in [4.69, 9.17) is 19.9 Å². The first-order valence-corrected chi connectivity index (χ1v) is 5.38. The lowest BCUT2D eigenvalue weighted by atomic mass is 10.0. The molecule has 2 unspecified atom stereocenters. The van der Waals surface area contributed by atoms with Crippen LogP contribution in [0.15, 0.2) is 0 Å². The summed E-state index contributed by atoms with van der Waals surface area (Å²) in [5.41, 5.74) is -1.20. The number of aliphatic hydroxyl groups is 3. The topological polar surface area (TPSA) is 119 Å². The van der Waals surface area contributed by atoms with Crippen molar-refractivity contribution in [2.45, 2.75) is 18.6 Å². The molecule has 2 atom stereocenters. The van der Waals surface area contributed by atoms with Crippen LogP contribution in [0.2, 0.25) is 0 Å². The highest BCUT2D eigenvalue weighted by Crippen LogP contribution is 2.02. The van der Waals surface area contributed by atoms with Crippen molar-refractivity contribution in [2.75, 3.05) is 26.4 Å². The number of hydrogen-bond acceptors (Lipinski definition) is 6. The highest BCUT2D eigenvalue weighted by atomic mass is 32.2. The van der Waals surface area contributed by atoms with Crippen LogP contribution in [-0.2, 0) is 15.5 Å². The van der Waals surface area contributed by atoms with Crippen LogP contribution in [0.3, 0.4) is 0 Å². The zero-order valence-corrected chi connectivity index (χ0v) is 9.24. The molecular formula is C7H17NO6S. The van der Waals surface area contributed by atoms with Crippen molar-refractivity contribution in [2.24, 2.45) is 0 Å². The van der Waals surface area contributed by atoms with E-state index in [-0.39, 0.29) is 6.54 Å². The van der Waals surface area contributed by atoms with Crippen LogP contribution in [-0.4, -0.2) is 62.1 Å². The van der Waals surface area contributed by atoms with Gasteiger partial charge in [0.25, 0.3) is 0 Å². The minimum Gasteiger partial charge on any atom is -0.394 e. The van der Waals surface area contributed by atoms with Crippen LogP contribution in [0.4, 0.5) is 0 Å². The predicted octanol–water partition coefficient (Wildman–Crippen LogP) is -2.17. The summed E-state index contributed by atoms with van der Waals surface area (Å²) < 4.78 is 23.2. The number of nitrogens with one attached hydrogen (secondary N) is 1. The maximum Gasteiger partial charge on any atom is 0.302 e. The summed E-state index contributed by atoms with van der Waals surface area (Å²) in [7, 11) is 0. The molecule has 0 aromatic rings. The summed E-state index contributed by atoms with van der Waals surface area (Å²) in [5, 5.41) is 29.5. The summed E-state index contributed by atoms with van der Waals surface area (Å²) in [6, 6.07) is 0. The van der Waals surface area contributed by atoms with Gasteiger partial charge in [0.2, 0.25) is 0 Å². The van der Waals surface area contributed by atoms with Gasteiger partial charge in [-0.3, -0.25) is 8.74 Å². The quantitative estimate of drug-likeness (QED) is 0.308. The van der Waals surface area contributed by atoms with Crippen LogP contribution in [0.25, 0.3) is 0 Å². The van der Waals surface area contributed by atoms with Gasteiger partial charge in [-0.2, -0.15) is 4.21 Å². The van der Waals surface area contributed by atoms with Crippen LogP contribution in [0.5, 0.6) is 0 Å². The number of hydrogen-bond donors (Lipinski definition) is 5. The summed E-state index contributed by atoms with van der Waals surface area (Å²) in [5.74, 6) is 0. The molecule has 5 N–H and O–H groups in total. The van der Waals surface area contributed by atoms with Gasteiger partial charge < -0.3 is 20.6 Å². The van der Waals surface area contributed by atoms with Crippen LogP contribution >= 0.6 is 0 Å². The molecule has 0 fully saturated rings. The fraction of sp³-hybridized carbons (Fsp3) is 1.00. The summed E-state index contributed by atoms with van der Waals surface area (Å²) >= 11 is -2.36. The second-order valence-corrected chi connectivity index (χ2v) is 3.89. The zero-order valence-electron chi connectivity index (χ0n) is 8.42. The van der Waals surface area contributed by atoms with E-state index in [2.05, 4.69) is 9.50 Å². The molecule has 92 valence electrons. The molecule has 0 bridgehead atoms. The Bertz CT molecular complexity index is 190. The van der Waals surface area contributed by atoms with E-state index in [9.17, 15) is 4.21 Å². The average Bonchev–Trinajstić information content (AvgIpc) is 2.20. The van der Waals surface area contributed by atoms with E-state index in [1.54, 1.807) is 0 Å². The van der Waals surface area contributed by atoms with Crippen molar-refractivity contribution in [1.29, 1.82) is 0 Å². The molecule has 15 heavy (non-hydrogen) atoms. The number of rotatable bonds is 8. The Morgan fingerprint density at radius 1 is 1.33 bits per heavy atom. The Morgan fingerprint density at radius 3 is 2.13 bits per heavy atom. The molecular weight excluding hydrogens is 226 g/mol. The summed E-state index contributed by atoms with van der Waals surface area (Å²) in [4.78, 5) is 0. The highest BCUT2D eigenvalue weighted by Gasteiger charge is 2.27. The second kappa shape index (κ2) is 7.23. The molecule has 8 heteroatoms. The van der Waals surface area contributed by atoms with Gasteiger partial charge in [0.15, 0.2) is 0 Å². The van der Waals surface area contributed by atoms with E-state index >= 15 is 0 Å². The van der Waals surface area contributed by atoms with E-state index in [1.165, 1.54) is 6.92 Å². The Balaban J connectivity index is 4.04. The molecule has 0 saturated carbocycles. The predicted molar refractivity (Wildman–Crippen MR) is 53.3 cm³/mol. The molecule has 0 heterocycles. The van der Waals surface area contributed by atoms with E-state index in [0.717, 1.165) is 0 Å². The molecule has 7 nitrogen and oxygen atoms in total. The van der Waals surface area contributed by atoms with Gasteiger partial charge in [-0.05, 0) is 6.92 Å². The van der Waals surface area contributed by atoms with Gasteiger partial charge in [0, 0.05) is 6.54 Å². The molecule has 0 aliphatic carbocycles. The molecule has 0 amide bonds. The van der Waals surface area contributed by atoms with Crippen molar-refractivity contribution >= 4 is 11.4 Å². The normalized spacial score (nSPS) is 16.3. The first kappa shape index (κ1) is 14.9. The Labute approximate surface area is 90.6 Å². The monoisotopic (exact) mass is 243 g/mol. The summed E-state index contributed by atoms with van der Waals surface area (Å²) in [6.45, 7) is 0.310. The lowest BCUT2D eigenvalue weighted by molar-refractivity contribution is 0.0362. The first-order chi connectivity index (χ1) is 6.99. The maximum absolute atomic E-state index is 10.3. The molecule has 0 aromatic heterocycles. The van der Waals surface area contributed by atoms with Crippen molar-refractivity contribution in [3.8, 4) is 0 Å². The highest BCUT2D eigenvalue weighted by molar-refractivity contribution is 7.74. The van der Waals surface area contributed by atoms with Gasteiger partial charge >= 0.3 is 11.4 Å². The SMILES string of the molecule is CC(CNC(CO)(CO)CO)OS(=O)O. The van der Waals surface area contributed by atoms with Gasteiger partial charge in [-0.15, -0.1) is 0 Å². The Kier molecular flexibility index (Phi) is 7.18. The summed E-state index contributed by atoms with van der Waals surface area (Å²) in [6.07, 6.45) is -0.583. The Morgan fingerprint density at radius 2 is 1.80 bits per heavy atom. The third-order valence-electron chi connectivity index (χ3n) is 1.92. The average molecular weight is 243 g/mol. The van der Waals surface area contributed by atoms with Crippen molar-refractivity contribution in [1.82, 2.24) is 5.32 Å². The molecule has 0 aliphatic heterocycles. The van der Waals surface area contributed by atoms with Crippen molar-refractivity contribution < 1.29 is 28.3 Å². The van der Waals surface area contributed by atoms with Gasteiger partial charge in [-0.25, -0.2) is 0 Å². The first-order valence-electron chi connectivity index (χ1n) is 4.35. The van der Waals surface area contributed by atoms with E-state index in [1.807, 2.05) is 0 Å². The molecule has 0 saturated heterocycles. The van der Waals surface area contributed by atoms with Gasteiger partial charge in [0.1, 0.15) is 0 Å². The lowest BCUT2D eigenvalue weighted by Crippen LogP contribution is -2.56. The zero-order chi connectivity index (χ0) is 11.9. The molecule has 0 spiro atoms. The third kappa shape index (κ3) is 5.52. The van der Waals surface area contributed by atoms with E-state index in [0.29, 0.717) is 0 Å². The van der Waals surface area contributed by atoms with Crippen LogP contribution in [0.1, 0.15) is 6.92 Å². The smallest absolute Gasteiger partial charge is 0.302 e. The molecule has 0 rings (SSSR count). The minimum absolute atomic E-state index is 0.119. The van der Waals surface area contributed by atoms with Crippen molar-refractivity contribution in [3.63, 3.8) is 0 Å². The van der Waals surface area contributed by atoms with Crippen molar-refractivity contribution in [3.05, 3.63) is 0 Å². The lowest BCUT2D eigenvalue weighted by Gasteiger charge is -2.29. The standard InChI is InChI=1S/C7H17NO6S/c1-6(14-15(12)13)2-8-7(3-9,4-10)5-11/h6,8-11H,2-5H2,1H3,(H,12,13). The maximum atomic E-state index is 10.3. The van der Waals surface area contributed by atoms with Gasteiger partial charge in [0.05, 0.1) is 31.5 Å². The third-order valence-corrected chi connectivity index (χ3v) is 2.41.